The molecule has 4 nitrogen and oxygen atoms in total. The summed E-state index contributed by atoms with van der Waals surface area (Å²) < 4.78 is 54.1. The van der Waals surface area contributed by atoms with Crippen LogP contribution in [0, 0.1) is 32.4 Å². The third-order valence-corrected chi connectivity index (χ3v) is 7.49. The van der Waals surface area contributed by atoms with Crippen LogP contribution in [0.1, 0.15) is 15.4 Å². The summed E-state index contributed by atoms with van der Waals surface area (Å²) in [5.74, 6) is -1.74. The molecule has 0 amide bonds. The van der Waals surface area contributed by atoms with Crippen molar-refractivity contribution in [1.82, 2.24) is 4.98 Å². The third kappa shape index (κ3) is 3.58. The summed E-state index contributed by atoms with van der Waals surface area (Å²) in [4.78, 5) is 6.86. The molecular weight excluding hydrogens is 386 g/mol. The molecule has 0 fully saturated rings. The summed E-state index contributed by atoms with van der Waals surface area (Å²) in [5.41, 5.74) is 0.608. The molecule has 0 saturated heterocycles. The first-order valence-electron chi connectivity index (χ1n) is 7.20. The molecule has 0 aliphatic rings. The molecule has 0 bridgehead atoms. The lowest BCUT2D eigenvalue weighted by Gasteiger charge is -2.08. The number of thiazole rings is 1. The second kappa shape index (κ2) is 6.47. The number of nitrogens with one attached hydrogen (secondary N) is 1. The summed E-state index contributed by atoms with van der Waals surface area (Å²) in [6.07, 6.45) is 0. The second-order valence-corrected chi connectivity index (χ2v) is 9.53. The minimum absolute atomic E-state index is 0.0572. The summed E-state index contributed by atoms with van der Waals surface area (Å²) in [6, 6.07) is 4.21. The molecule has 25 heavy (non-hydrogen) atoms. The summed E-state index contributed by atoms with van der Waals surface area (Å²) in [5, 5.41) is 0.748. The predicted octanol–water partition coefficient (Wildman–Crippen LogP) is 4.88. The number of hydrogen-bond donors (Lipinski definition) is 1. The van der Waals surface area contributed by atoms with Crippen LogP contribution in [0.2, 0.25) is 0 Å². The minimum atomic E-state index is -4.00. The van der Waals surface area contributed by atoms with E-state index in [2.05, 4.69) is 9.71 Å². The van der Waals surface area contributed by atoms with Gasteiger partial charge < -0.3 is 0 Å². The molecule has 9 heteroatoms. The van der Waals surface area contributed by atoms with E-state index >= 15 is 0 Å². The van der Waals surface area contributed by atoms with Gasteiger partial charge in [-0.05, 0) is 39.0 Å². The Morgan fingerprint density at radius 3 is 2.36 bits per heavy atom. The van der Waals surface area contributed by atoms with Crippen LogP contribution < -0.4 is 4.72 Å². The first kappa shape index (κ1) is 18.0. The SMILES string of the molecule is Cc1nc(-c2cc(S(=O)(=O)Nc3ccc(F)cc3F)c(C)s2)sc1C. The van der Waals surface area contributed by atoms with E-state index in [4.69, 9.17) is 0 Å². The van der Waals surface area contributed by atoms with Gasteiger partial charge in [-0.15, -0.1) is 22.7 Å². The van der Waals surface area contributed by atoms with E-state index in [0.717, 1.165) is 32.6 Å². The summed E-state index contributed by atoms with van der Waals surface area (Å²) in [6.45, 7) is 5.52. The highest BCUT2D eigenvalue weighted by atomic mass is 32.2. The predicted molar refractivity (Wildman–Crippen MR) is 96.8 cm³/mol. The molecule has 2 aromatic heterocycles. The monoisotopic (exact) mass is 400 g/mol. The fourth-order valence-electron chi connectivity index (χ4n) is 2.19. The van der Waals surface area contributed by atoms with E-state index < -0.39 is 21.7 Å². The van der Waals surface area contributed by atoms with Gasteiger partial charge in [0.15, 0.2) is 0 Å². The highest BCUT2D eigenvalue weighted by molar-refractivity contribution is 7.93. The number of hydrogen-bond acceptors (Lipinski definition) is 5. The van der Waals surface area contributed by atoms with Crippen molar-refractivity contribution < 1.29 is 17.2 Å². The maximum Gasteiger partial charge on any atom is 0.263 e. The van der Waals surface area contributed by atoms with Gasteiger partial charge in [0.2, 0.25) is 0 Å². The molecular formula is C16H14F2N2O2S3. The van der Waals surface area contributed by atoms with Crippen LogP contribution in [0.5, 0.6) is 0 Å². The molecule has 3 aromatic rings. The van der Waals surface area contributed by atoms with Crippen molar-refractivity contribution in [2.24, 2.45) is 0 Å². The Bertz CT molecular complexity index is 1040. The second-order valence-electron chi connectivity index (χ2n) is 5.42. The van der Waals surface area contributed by atoms with Crippen molar-refractivity contribution in [1.29, 1.82) is 0 Å². The quantitative estimate of drug-likeness (QED) is 0.679. The van der Waals surface area contributed by atoms with E-state index in [1.54, 1.807) is 6.92 Å². The lowest BCUT2D eigenvalue weighted by atomic mass is 10.3. The van der Waals surface area contributed by atoms with Gasteiger partial charge in [0, 0.05) is 15.8 Å². The molecule has 1 aromatic carbocycles. The number of nitrogens with zero attached hydrogens (tertiary/aromatic N) is 1. The van der Waals surface area contributed by atoms with Gasteiger partial charge in [-0.2, -0.15) is 0 Å². The molecule has 0 aliphatic heterocycles. The van der Waals surface area contributed by atoms with Crippen LogP contribution in [0.25, 0.3) is 9.88 Å². The Balaban J connectivity index is 1.97. The number of sulfonamides is 1. The Kier molecular flexibility index (Phi) is 4.65. The maximum atomic E-state index is 13.7. The van der Waals surface area contributed by atoms with Gasteiger partial charge in [0.05, 0.1) is 16.3 Å². The van der Waals surface area contributed by atoms with Gasteiger partial charge in [0.25, 0.3) is 10.0 Å². The first-order chi connectivity index (χ1) is 11.7. The maximum absolute atomic E-state index is 13.7. The zero-order chi connectivity index (χ0) is 18.4. The number of halogens is 2. The number of rotatable bonds is 4. The lowest BCUT2D eigenvalue weighted by molar-refractivity contribution is 0.583. The normalized spacial score (nSPS) is 11.7. The van der Waals surface area contributed by atoms with Crippen LogP contribution in [-0.4, -0.2) is 13.4 Å². The molecule has 0 unspecified atom stereocenters. The van der Waals surface area contributed by atoms with Crippen LogP contribution in [0.4, 0.5) is 14.5 Å². The first-order valence-corrected chi connectivity index (χ1v) is 10.3. The van der Waals surface area contributed by atoms with Crippen molar-refractivity contribution in [2.45, 2.75) is 25.7 Å². The average molecular weight is 400 g/mol. The smallest absolute Gasteiger partial charge is 0.263 e. The van der Waals surface area contributed by atoms with Gasteiger partial charge in [-0.3, -0.25) is 4.72 Å². The third-order valence-electron chi connectivity index (χ3n) is 3.58. The molecule has 1 N–H and O–H groups in total. The average Bonchev–Trinajstić information content (AvgIpc) is 3.06. The largest absolute Gasteiger partial charge is 0.277 e. The van der Waals surface area contributed by atoms with Gasteiger partial charge in [-0.25, -0.2) is 22.2 Å². The lowest BCUT2D eigenvalue weighted by Crippen LogP contribution is -2.14. The number of thiophene rings is 1. The summed E-state index contributed by atoms with van der Waals surface area (Å²) in [7, 11) is -4.00. The molecule has 0 aliphatic carbocycles. The number of aryl methyl sites for hydroxylation is 3. The number of aromatic nitrogens is 1. The standard InChI is InChI=1S/C16H14F2N2O2S3/c1-8-9(2)24-16(19-8)14-7-15(10(3)23-14)25(21,22)20-13-5-4-11(17)6-12(13)18/h4-7,20H,1-3H3. The fraction of sp³-hybridized carbons (Fsp3) is 0.188. The molecule has 3 rings (SSSR count). The minimum Gasteiger partial charge on any atom is -0.277 e. The van der Waals surface area contributed by atoms with Gasteiger partial charge in [-0.1, -0.05) is 0 Å². The highest BCUT2D eigenvalue weighted by Gasteiger charge is 2.23. The van der Waals surface area contributed by atoms with E-state index in [-0.39, 0.29) is 10.6 Å². The Morgan fingerprint density at radius 1 is 1.04 bits per heavy atom. The van der Waals surface area contributed by atoms with Gasteiger partial charge >= 0.3 is 0 Å². The molecule has 0 saturated carbocycles. The van der Waals surface area contributed by atoms with Crippen molar-refractivity contribution >= 4 is 38.4 Å². The Hall–Kier alpha value is -1.84. The molecule has 0 spiro atoms. The van der Waals surface area contributed by atoms with Crippen molar-refractivity contribution in [3.63, 3.8) is 0 Å². The fourth-order valence-corrected chi connectivity index (χ4v) is 5.81. The molecule has 132 valence electrons. The van der Waals surface area contributed by atoms with E-state index in [9.17, 15) is 17.2 Å². The highest BCUT2D eigenvalue weighted by Crippen LogP contribution is 2.37. The van der Waals surface area contributed by atoms with Crippen LogP contribution in [0.15, 0.2) is 29.2 Å². The van der Waals surface area contributed by atoms with E-state index in [0.29, 0.717) is 10.9 Å². The van der Waals surface area contributed by atoms with E-state index in [1.807, 2.05) is 13.8 Å². The Labute approximate surface area is 152 Å². The molecule has 2 heterocycles. The zero-order valence-corrected chi connectivity index (χ0v) is 16.0. The zero-order valence-electron chi connectivity index (χ0n) is 13.6. The topological polar surface area (TPSA) is 59.1 Å². The number of anilines is 1. The van der Waals surface area contributed by atoms with Crippen molar-refractivity contribution in [3.8, 4) is 9.88 Å². The van der Waals surface area contributed by atoms with Crippen molar-refractivity contribution in [2.75, 3.05) is 4.72 Å². The Morgan fingerprint density at radius 2 is 1.76 bits per heavy atom. The number of benzene rings is 1. The molecule has 0 atom stereocenters. The van der Waals surface area contributed by atoms with Crippen LogP contribution in [-0.2, 0) is 10.0 Å². The summed E-state index contributed by atoms with van der Waals surface area (Å²) >= 11 is 2.80. The van der Waals surface area contributed by atoms with Crippen molar-refractivity contribution in [3.05, 3.63) is 51.3 Å². The molecule has 0 radical (unpaired) electrons. The van der Waals surface area contributed by atoms with Gasteiger partial charge in [0.1, 0.15) is 21.5 Å². The van der Waals surface area contributed by atoms with Crippen LogP contribution >= 0.6 is 22.7 Å². The van der Waals surface area contributed by atoms with Crippen LogP contribution in [0.3, 0.4) is 0 Å². The van der Waals surface area contributed by atoms with E-state index in [1.165, 1.54) is 28.7 Å².